The molecule has 0 aliphatic carbocycles. The second-order valence-corrected chi connectivity index (χ2v) is 5.44. The van der Waals surface area contributed by atoms with E-state index >= 15 is 0 Å². The minimum atomic E-state index is -0.558. The highest BCUT2D eigenvalue weighted by Crippen LogP contribution is 2.23. The molecule has 1 N–H and O–H groups in total. The summed E-state index contributed by atoms with van der Waals surface area (Å²) in [5.41, 5.74) is 1.60. The summed E-state index contributed by atoms with van der Waals surface area (Å²) in [5.74, 6) is -0.448. The molecule has 7 heteroatoms. The highest BCUT2D eigenvalue weighted by molar-refractivity contribution is 5.94. The molecular weight excluding hydrogens is 336 g/mol. The predicted octanol–water partition coefficient (Wildman–Crippen LogP) is 2.95. The third kappa shape index (κ3) is 4.18. The Kier molecular flexibility index (Phi) is 5.48. The number of ether oxygens (including phenoxy) is 2. The van der Waals surface area contributed by atoms with Gasteiger partial charge in [-0.3, -0.25) is 9.59 Å². The third-order valence-corrected chi connectivity index (χ3v) is 3.59. The largest absolute Gasteiger partial charge is 0.492 e. The number of nitrogens with one attached hydrogen (secondary N) is 1. The fourth-order valence-corrected chi connectivity index (χ4v) is 2.44. The highest BCUT2D eigenvalue weighted by atomic mass is 16.5. The summed E-state index contributed by atoms with van der Waals surface area (Å²) in [6.45, 7) is 1.94. The van der Waals surface area contributed by atoms with E-state index < -0.39 is 18.5 Å². The minimum Gasteiger partial charge on any atom is -0.492 e. The molecule has 0 atom stereocenters. The van der Waals surface area contributed by atoms with Crippen molar-refractivity contribution >= 4 is 28.5 Å². The van der Waals surface area contributed by atoms with Crippen molar-refractivity contribution in [2.75, 3.05) is 18.5 Å². The van der Waals surface area contributed by atoms with Crippen molar-refractivity contribution in [2.24, 2.45) is 0 Å². The number of benzene rings is 2. The second kappa shape index (κ2) is 8.15. The zero-order chi connectivity index (χ0) is 18.4. The first kappa shape index (κ1) is 17.5. The van der Waals surface area contributed by atoms with Crippen LogP contribution in [0.2, 0.25) is 0 Å². The Morgan fingerprint density at radius 2 is 1.88 bits per heavy atom. The van der Waals surface area contributed by atoms with Gasteiger partial charge in [0.25, 0.3) is 5.91 Å². The molecule has 0 saturated carbocycles. The van der Waals surface area contributed by atoms with Crippen LogP contribution in [0.4, 0.5) is 5.69 Å². The molecule has 3 aromatic rings. The Balaban J connectivity index is 1.54. The van der Waals surface area contributed by atoms with Gasteiger partial charge in [-0.2, -0.15) is 0 Å². The average Bonchev–Trinajstić information content (AvgIpc) is 3.05. The van der Waals surface area contributed by atoms with Crippen molar-refractivity contribution in [2.45, 2.75) is 13.3 Å². The number of carbonyl (C=O) groups is 2. The molecule has 0 saturated heterocycles. The van der Waals surface area contributed by atoms with E-state index in [0.29, 0.717) is 29.3 Å². The van der Waals surface area contributed by atoms with Crippen molar-refractivity contribution in [3.8, 4) is 5.75 Å². The molecule has 0 aliphatic rings. The maximum absolute atomic E-state index is 12.0. The van der Waals surface area contributed by atoms with E-state index in [1.165, 1.54) is 0 Å². The Bertz CT molecular complexity index is 919. The van der Waals surface area contributed by atoms with Crippen LogP contribution in [0.3, 0.4) is 0 Å². The van der Waals surface area contributed by atoms with Crippen LogP contribution in [-0.4, -0.2) is 30.2 Å². The number of nitrogens with zero attached hydrogens (tertiary/aromatic N) is 1. The Morgan fingerprint density at radius 1 is 1.12 bits per heavy atom. The van der Waals surface area contributed by atoms with E-state index in [-0.39, 0.29) is 6.42 Å². The number of amides is 1. The zero-order valence-electron chi connectivity index (χ0n) is 14.2. The van der Waals surface area contributed by atoms with Crippen LogP contribution in [0.1, 0.15) is 12.6 Å². The fraction of sp³-hybridized carbons (Fsp3) is 0.211. The van der Waals surface area contributed by atoms with Crippen LogP contribution in [0.25, 0.3) is 11.0 Å². The number of aromatic nitrogens is 1. The molecule has 0 bridgehead atoms. The third-order valence-electron chi connectivity index (χ3n) is 3.59. The van der Waals surface area contributed by atoms with Gasteiger partial charge in [0.1, 0.15) is 11.4 Å². The van der Waals surface area contributed by atoms with Gasteiger partial charge in [-0.1, -0.05) is 29.4 Å². The summed E-state index contributed by atoms with van der Waals surface area (Å²) < 4.78 is 15.6. The summed E-state index contributed by atoms with van der Waals surface area (Å²) in [7, 11) is 0. The first-order valence-electron chi connectivity index (χ1n) is 8.18. The normalized spacial score (nSPS) is 10.5. The van der Waals surface area contributed by atoms with Crippen molar-refractivity contribution in [3.05, 3.63) is 54.2 Å². The van der Waals surface area contributed by atoms with Crippen molar-refractivity contribution < 1.29 is 23.6 Å². The molecule has 3 rings (SSSR count). The number of fused-ring (bicyclic) bond motifs is 1. The number of carbonyl (C=O) groups excluding carboxylic acids is 2. The number of hydrogen-bond donors (Lipinski definition) is 1. The SMILES string of the molecule is CCOc1ccccc1NC(=O)COC(=O)Cc1noc2ccccc12. The van der Waals surface area contributed by atoms with Crippen LogP contribution in [-0.2, 0) is 20.7 Å². The second-order valence-electron chi connectivity index (χ2n) is 5.44. The van der Waals surface area contributed by atoms with Crippen LogP contribution in [0, 0.1) is 0 Å². The van der Waals surface area contributed by atoms with Crippen LogP contribution >= 0.6 is 0 Å². The number of para-hydroxylation sites is 3. The molecule has 2 aromatic carbocycles. The molecule has 0 aliphatic heterocycles. The van der Waals surface area contributed by atoms with Gasteiger partial charge in [0.05, 0.1) is 18.7 Å². The van der Waals surface area contributed by atoms with Crippen LogP contribution in [0.5, 0.6) is 5.75 Å². The Labute approximate surface area is 149 Å². The lowest BCUT2D eigenvalue weighted by Crippen LogP contribution is -2.22. The van der Waals surface area contributed by atoms with Crippen LogP contribution in [0.15, 0.2) is 53.1 Å². The number of esters is 1. The summed E-state index contributed by atoms with van der Waals surface area (Å²) in [5, 5.41) is 7.28. The highest BCUT2D eigenvalue weighted by Gasteiger charge is 2.15. The molecule has 134 valence electrons. The van der Waals surface area contributed by atoms with Gasteiger partial charge in [-0.05, 0) is 31.2 Å². The predicted molar refractivity (Wildman–Crippen MR) is 94.9 cm³/mol. The molecule has 26 heavy (non-hydrogen) atoms. The van der Waals surface area contributed by atoms with E-state index in [1.54, 1.807) is 24.3 Å². The molecule has 1 amide bonds. The van der Waals surface area contributed by atoms with Gasteiger partial charge in [0.2, 0.25) is 0 Å². The number of rotatable bonds is 7. The maximum atomic E-state index is 12.0. The zero-order valence-corrected chi connectivity index (χ0v) is 14.2. The van der Waals surface area contributed by atoms with Crippen LogP contribution < -0.4 is 10.1 Å². The molecule has 1 heterocycles. The van der Waals surface area contributed by atoms with Gasteiger partial charge in [0, 0.05) is 5.39 Å². The first-order valence-corrected chi connectivity index (χ1v) is 8.18. The fourth-order valence-electron chi connectivity index (χ4n) is 2.44. The van der Waals surface area contributed by atoms with Gasteiger partial charge < -0.3 is 19.3 Å². The number of hydrogen-bond acceptors (Lipinski definition) is 6. The molecule has 1 aromatic heterocycles. The van der Waals surface area contributed by atoms with Crippen molar-refractivity contribution in [1.82, 2.24) is 5.16 Å². The van der Waals surface area contributed by atoms with Gasteiger partial charge in [-0.15, -0.1) is 0 Å². The van der Waals surface area contributed by atoms with E-state index in [2.05, 4.69) is 10.5 Å². The van der Waals surface area contributed by atoms with E-state index in [0.717, 1.165) is 5.39 Å². The van der Waals surface area contributed by atoms with Crippen molar-refractivity contribution in [1.29, 1.82) is 0 Å². The first-order chi connectivity index (χ1) is 12.7. The molecule has 0 unspecified atom stereocenters. The topological polar surface area (TPSA) is 90.7 Å². The smallest absolute Gasteiger partial charge is 0.312 e. The minimum absolute atomic E-state index is 0.0696. The van der Waals surface area contributed by atoms with E-state index in [1.807, 2.05) is 31.2 Å². The number of anilines is 1. The maximum Gasteiger partial charge on any atom is 0.312 e. The van der Waals surface area contributed by atoms with Gasteiger partial charge in [-0.25, -0.2) is 0 Å². The molecule has 0 fully saturated rings. The monoisotopic (exact) mass is 354 g/mol. The molecule has 0 radical (unpaired) electrons. The van der Waals surface area contributed by atoms with Crippen molar-refractivity contribution in [3.63, 3.8) is 0 Å². The molecule has 0 spiro atoms. The Hall–Kier alpha value is -3.35. The lowest BCUT2D eigenvalue weighted by molar-refractivity contribution is -0.146. The molecular formula is C19H18N2O5. The molecule has 7 nitrogen and oxygen atoms in total. The standard InChI is InChI=1S/C19H18N2O5/c1-2-24-17-10-6-4-8-14(17)20-18(22)12-25-19(23)11-15-13-7-3-5-9-16(13)26-21-15/h3-10H,2,11-12H2,1H3,(H,20,22). The lowest BCUT2D eigenvalue weighted by atomic mass is 10.2. The average molecular weight is 354 g/mol. The van der Waals surface area contributed by atoms with Gasteiger partial charge >= 0.3 is 5.97 Å². The lowest BCUT2D eigenvalue weighted by Gasteiger charge is -2.11. The summed E-state index contributed by atoms with van der Waals surface area (Å²) in [6.07, 6.45) is -0.0696. The van der Waals surface area contributed by atoms with E-state index in [9.17, 15) is 9.59 Å². The van der Waals surface area contributed by atoms with Gasteiger partial charge in [0.15, 0.2) is 12.2 Å². The summed E-state index contributed by atoms with van der Waals surface area (Å²) in [4.78, 5) is 24.0. The summed E-state index contributed by atoms with van der Waals surface area (Å²) in [6, 6.07) is 14.3. The van der Waals surface area contributed by atoms with E-state index in [4.69, 9.17) is 14.0 Å². The quantitative estimate of drug-likeness (QED) is 0.656. The Morgan fingerprint density at radius 3 is 2.73 bits per heavy atom. The summed E-state index contributed by atoms with van der Waals surface area (Å²) >= 11 is 0.